The zero-order valence-electron chi connectivity index (χ0n) is 11.0. The highest BCUT2D eigenvalue weighted by atomic mass is 79.9. The minimum absolute atomic E-state index is 0.131. The third-order valence-electron chi connectivity index (χ3n) is 2.60. The third-order valence-corrected chi connectivity index (χ3v) is 3.13. The molecule has 100 valence electrons. The Morgan fingerprint density at radius 3 is 2.42 bits per heavy atom. The minimum atomic E-state index is -0.207. The predicted molar refractivity (Wildman–Crippen MR) is 77.3 cm³/mol. The molecule has 2 rings (SSSR count). The van der Waals surface area contributed by atoms with E-state index in [9.17, 15) is 4.79 Å². The maximum atomic E-state index is 12.0. The van der Waals surface area contributed by atoms with Gasteiger partial charge in [0, 0.05) is 21.5 Å². The number of carbonyl (C=O) groups is 1. The van der Waals surface area contributed by atoms with E-state index in [0.29, 0.717) is 11.4 Å². The molecule has 19 heavy (non-hydrogen) atoms. The smallest absolute Gasteiger partial charge is 0.256 e. The van der Waals surface area contributed by atoms with Gasteiger partial charge in [-0.1, -0.05) is 41.9 Å². The largest absolute Gasteiger partial charge is 0.359 e. The molecule has 0 radical (unpaired) electrons. The van der Waals surface area contributed by atoms with Gasteiger partial charge in [-0.25, -0.2) is 0 Å². The summed E-state index contributed by atoms with van der Waals surface area (Å²) in [6.45, 7) is 6.06. The van der Waals surface area contributed by atoms with Gasteiger partial charge in [-0.3, -0.25) is 4.79 Å². The van der Waals surface area contributed by atoms with E-state index in [-0.39, 0.29) is 11.3 Å². The van der Waals surface area contributed by atoms with Crippen LogP contribution in [0.15, 0.2) is 39.3 Å². The van der Waals surface area contributed by atoms with E-state index in [0.717, 1.165) is 10.2 Å². The Kier molecular flexibility index (Phi) is 3.75. The highest BCUT2D eigenvalue weighted by molar-refractivity contribution is 9.10. The van der Waals surface area contributed by atoms with Crippen molar-refractivity contribution < 1.29 is 9.32 Å². The van der Waals surface area contributed by atoms with Crippen molar-refractivity contribution in [3.8, 4) is 0 Å². The number of amides is 1. The molecule has 1 amide bonds. The summed E-state index contributed by atoms with van der Waals surface area (Å²) in [4.78, 5) is 12.0. The summed E-state index contributed by atoms with van der Waals surface area (Å²) >= 11 is 3.33. The molecule has 0 bridgehead atoms. The van der Waals surface area contributed by atoms with Crippen LogP contribution in [0.1, 0.15) is 36.9 Å². The van der Waals surface area contributed by atoms with Gasteiger partial charge < -0.3 is 9.84 Å². The second kappa shape index (κ2) is 5.17. The van der Waals surface area contributed by atoms with Crippen molar-refractivity contribution in [1.29, 1.82) is 0 Å². The van der Waals surface area contributed by atoms with Crippen molar-refractivity contribution in [3.63, 3.8) is 0 Å². The Hall–Kier alpha value is -1.62. The number of nitrogens with zero attached hydrogens (tertiary/aromatic N) is 1. The Morgan fingerprint density at radius 1 is 1.26 bits per heavy atom. The lowest BCUT2D eigenvalue weighted by Gasteiger charge is -2.12. The van der Waals surface area contributed by atoms with Gasteiger partial charge in [-0.2, -0.15) is 0 Å². The molecule has 0 saturated carbocycles. The molecular formula is C14H15BrN2O2. The van der Waals surface area contributed by atoms with Crippen LogP contribution in [0.25, 0.3) is 0 Å². The number of rotatable bonds is 2. The first kappa shape index (κ1) is 13.8. The van der Waals surface area contributed by atoms with Crippen LogP contribution in [0.2, 0.25) is 0 Å². The van der Waals surface area contributed by atoms with E-state index in [1.165, 1.54) is 0 Å². The lowest BCUT2D eigenvalue weighted by molar-refractivity contribution is 0.102. The van der Waals surface area contributed by atoms with Crippen LogP contribution in [0, 0.1) is 0 Å². The van der Waals surface area contributed by atoms with E-state index < -0.39 is 0 Å². The molecule has 1 heterocycles. The van der Waals surface area contributed by atoms with Crippen LogP contribution >= 0.6 is 15.9 Å². The molecule has 0 aliphatic heterocycles. The monoisotopic (exact) mass is 322 g/mol. The second-order valence-corrected chi connectivity index (χ2v) is 6.20. The van der Waals surface area contributed by atoms with Gasteiger partial charge in [0.05, 0.1) is 0 Å². The first-order valence-electron chi connectivity index (χ1n) is 5.90. The maximum Gasteiger partial charge on any atom is 0.256 e. The molecular weight excluding hydrogens is 308 g/mol. The average Bonchev–Trinajstić information content (AvgIpc) is 2.78. The van der Waals surface area contributed by atoms with Crippen molar-refractivity contribution in [1.82, 2.24) is 5.16 Å². The van der Waals surface area contributed by atoms with E-state index in [2.05, 4.69) is 26.4 Å². The molecule has 1 aromatic heterocycles. The number of benzene rings is 1. The van der Waals surface area contributed by atoms with E-state index >= 15 is 0 Å². The third kappa shape index (κ3) is 3.44. The Bertz CT molecular complexity index is 582. The first-order valence-corrected chi connectivity index (χ1v) is 6.70. The fourth-order valence-corrected chi connectivity index (χ4v) is 1.74. The van der Waals surface area contributed by atoms with Crippen LogP contribution < -0.4 is 5.32 Å². The molecule has 5 heteroatoms. The Labute approximate surface area is 120 Å². The van der Waals surface area contributed by atoms with Gasteiger partial charge >= 0.3 is 0 Å². The van der Waals surface area contributed by atoms with Crippen LogP contribution in [-0.4, -0.2) is 11.1 Å². The van der Waals surface area contributed by atoms with Gasteiger partial charge in [-0.05, 0) is 24.3 Å². The molecule has 0 aliphatic carbocycles. The maximum absolute atomic E-state index is 12.0. The fourth-order valence-electron chi connectivity index (χ4n) is 1.48. The molecule has 0 spiro atoms. The zero-order valence-corrected chi connectivity index (χ0v) is 12.6. The van der Waals surface area contributed by atoms with Crippen molar-refractivity contribution in [3.05, 3.63) is 46.1 Å². The van der Waals surface area contributed by atoms with Crippen molar-refractivity contribution in [2.75, 3.05) is 5.32 Å². The van der Waals surface area contributed by atoms with E-state index in [4.69, 9.17) is 4.52 Å². The molecule has 4 nitrogen and oxygen atoms in total. The Morgan fingerprint density at radius 2 is 1.89 bits per heavy atom. The lowest BCUT2D eigenvalue weighted by atomic mass is 9.93. The molecule has 1 N–H and O–H groups in total. The molecule has 0 atom stereocenters. The van der Waals surface area contributed by atoms with E-state index in [1.807, 2.05) is 32.9 Å². The highest BCUT2D eigenvalue weighted by Gasteiger charge is 2.20. The number of halogens is 1. The average molecular weight is 323 g/mol. The number of carbonyl (C=O) groups excluding carboxylic acids is 1. The molecule has 0 aliphatic rings. The van der Waals surface area contributed by atoms with Gasteiger partial charge in [0.2, 0.25) is 0 Å². The summed E-state index contributed by atoms with van der Waals surface area (Å²) in [7, 11) is 0. The standard InChI is InChI=1S/C14H15BrN2O2/c1-14(2,3)11-8-12(17-19-11)16-13(18)9-4-6-10(15)7-5-9/h4-8H,1-3H3,(H,16,17,18). The van der Waals surface area contributed by atoms with Crippen LogP contribution in [-0.2, 0) is 5.41 Å². The van der Waals surface area contributed by atoms with E-state index in [1.54, 1.807) is 18.2 Å². The summed E-state index contributed by atoms with van der Waals surface area (Å²) in [5.74, 6) is 0.956. The van der Waals surface area contributed by atoms with Gasteiger partial charge in [-0.15, -0.1) is 0 Å². The fraction of sp³-hybridized carbons (Fsp3) is 0.286. The minimum Gasteiger partial charge on any atom is -0.359 e. The summed E-state index contributed by atoms with van der Waals surface area (Å²) in [6.07, 6.45) is 0. The second-order valence-electron chi connectivity index (χ2n) is 5.29. The number of aromatic nitrogens is 1. The first-order chi connectivity index (χ1) is 8.86. The molecule has 0 unspecified atom stereocenters. The quantitative estimate of drug-likeness (QED) is 0.909. The van der Waals surface area contributed by atoms with Gasteiger partial charge in [0.25, 0.3) is 5.91 Å². The van der Waals surface area contributed by atoms with Crippen LogP contribution in [0.3, 0.4) is 0 Å². The van der Waals surface area contributed by atoms with Crippen molar-refractivity contribution >= 4 is 27.7 Å². The van der Waals surface area contributed by atoms with Gasteiger partial charge in [0.15, 0.2) is 5.82 Å². The van der Waals surface area contributed by atoms with Crippen molar-refractivity contribution in [2.45, 2.75) is 26.2 Å². The SMILES string of the molecule is CC(C)(C)c1cc(NC(=O)c2ccc(Br)cc2)no1. The van der Waals surface area contributed by atoms with Crippen LogP contribution in [0.5, 0.6) is 0 Å². The number of nitrogens with one attached hydrogen (secondary N) is 1. The lowest BCUT2D eigenvalue weighted by Crippen LogP contribution is -2.12. The molecule has 0 saturated heterocycles. The summed E-state index contributed by atoms with van der Waals surface area (Å²) < 4.78 is 6.14. The van der Waals surface area contributed by atoms with Crippen LogP contribution in [0.4, 0.5) is 5.82 Å². The topological polar surface area (TPSA) is 55.1 Å². The summed E-state index contributed by atoms with van der Waals surface area (Å²) in [6, 6.07) is 8.86. The Balaban J connectivity index is 2.11. The molecule has 0 fully saturated rings. The van der Waals surface area contributed by atoms with Crippen molar-refractivity contribution in [2.24, 2.45) is 0 Å². The summed E-state index contributed by atoms with van der Waals surface area (Å²) in [5.41, 5.74) is 0.441. The predicted octanol–water partition coefficient (Wildman–Crippen LogP) is 3.99. The summed E-state index contributed by atoms with van der Waals surface area (Å²) in [5, 5.41) is 6.56. The number of anilines is 1. The molecule has 2 aromatic rings. The number of hydrogen-bond donors (Lipinski definition) is 1. The van der Waals surface area contributed by atoms with Gasteiger partial charge in [0.1, 0.15) is 5.76 Å². The zero-order chi connectivity index (χ0) is 14.0. The number of hydrogen-bond acceptors (Lipinski definition) is 3. The molecule has 1 aromatic carbocycles. The highest BCUT2D eigenvalue weighted by Crippen LogP contribution is 2.24. The normalized spacial score (nSPS) is 11.4.